The standard InChI is InChI=1S/C38H31N2OS.Tl/c39-23-28-9-1-3-12-30(28)38-31(27-16-17-33-32-13-4-5-14-35(32)41-36(33)22-27)19-18-29(34(38)24-40)25-10-7-11-26-8-2-6-15-37(26)42-21-20-25;/h1-8,10-15,17-20,22,27-29,32,34-35H,9,16,21H2;/b10-7-,25-20+;. The maximum absolute atomic E-state index is 10.9. The average molecular weight is 768 g/mol. The van der Waals surface area contributed by atoms with E-state index in [2.05, 4.69) is 121 Å². The predicted molar refractivity (Wildman–Crippen MR) is 174 cm³/mol. The normalized spacial score (nSPS) is 34.2. The summed E-state index contributed by atoms with van der Waals surface area (Å²) in [7, 11) is 0. The zero-order chi connectivity index (χ0) is 29.3. The molecule has 5 heteroatoms. The van der Waals surface area contributed by atoms with Crippen LogP contribution >= 0.6 is 11.8 Å². The van der Waals surface area contributed by atoms with E-state index in [9.17, 15) is 10.5 Å². The Morgan fingerprint density at radius 1 is 0.884 bits per heavy atom. The van der Waals surface area contributed by atoms with Crippen LogP contribution in [0.15, 0.2) is 148 Å². The molecule has 1 aromatic rings. The molecule has 7 unspecified atom stereocenters. The molecular formula is C38H31N2OSTl. The number of fused-ring (bicyclic) bond motifs is 4. The molecule has 208 valence electrons. The van der Waals surface area contributed by atoms with E-state index < -0.39 is 0 Å². The fourth-order valence-corrected chi connectivity index (χ4v) is 10.1. The van der Waals surface area contributed by atoms with Crippen molar-refractivity contribution in [3.8, 4) is 12.1 Å². The first-order chi connectivity index (χ1) is 21.2. The summed E-state index contributed by atoms with van der Waals surface area (Å²) < 4.78 is 6.84. The Bertz CT molecular complexity index is 1730. The minimum absolute atomic E-state index is 0.0548. The molecular weight excluding hydrogens is 737 g/mol. The molecule has 3 nitrogen and oxygen atoms in total. The molecule has 2 aliphatic heterocycles. The van der Waals surface area contributed by atoms with E-state index in [4.69, 9.17) is 4.74 Å². The van der Waals surface area contributed by atoms with Gasteiger partial charge in [-0.25, -0.2) is 0 Å². The second-order valence-electron chi connectivity index (χ2n) is 11.7. The van der Waals surface area contributed by atoms with Crippen molar-refractivity contribution in [3.05, 3.63) is 149 Å². The van der Waals surface area contributed by atoms with Gasteiger partial charge in [0.2, 0.25) is 0 Å². The summed E-state index contributed by atoms with van der Waals surface area (Å²) in [5.41, 5.74) is 7.05. The summed E-state index contributed by atoms with van der Waals surface area (Å²) in [6, 6.07) is 14.0. The van der Waals surface area contributed by atoms with Gasteiger partial charge in [-0.05, 0) is 6.08 Å². The summed E-state index contributed by atoms with van der Waals surface area (Å²) in [6.45, 7) is 0. The van der Waals surface area contributed by atoms with Gasteiger partial charge in [-0.3, -0.25) is 0 Å². The minimum atomic E-state index is -0.380. The first kappa shape index (κ1) is 28.4. The van der Waals surface area contributed by atoms with Crippen LogP contribution in [0, 0.1) is 52.3 Å². The van der Waals surface area contributed by atoms with Crippen molar-refractivity contribution < 1.29 is 4.74 Å². The number of benzene rings is 1. The second kappa shape index (κ2) is 12.3. The predicted octanol–water partition coefficient (Wildman–Crippen LogP) is 8.10. The number of hydrogen-bond acceptors (Lipinski definition) is 4. The van der Waals surface area contributed by atoms with Gasteiger partial charge in [-0.1, -0.05) is 18.2 Å². The third-order valence-electron chi connectivity index (χ3n) is 9.28. The van der Waals surface area contributed by atoms with Gasteiger partial charge in [-0.15, -0.1) is 0 Å². The van der Waals surface area contributed by atoms with Gasteiger partial charge < -0.3 is 0 Å². The number of nitrogens with zero attached hydrogens (tertiary/aromatic N) is 2. The van der Waals surface area contributed by atoms with Crippen molar-refractivity contribution in [2.24, 2.45) is 29.6 Å². The summed E-state index contributed by atoms with van der Waals surface area (Å²) in [4.78, 5) is 1.35. The van der Waals surface area contributed by atoms with Gasteiger partial charge in [0, 0.05) is 5.92 Å². The molecule has 4 aliphatic carbocycles. The van der Waals surface area contributed by atoms with Gasteiger partial charge in [0.15, 0.2) is 0 Å². The molecule has 1 saturated heterocycles. The van der Waals surface area contributed by atoms with E-state index in [0.29, 0.717) is 9.90 Å². The Balaban J connectivity index is 1.28. The van der Waals surface area contributed by atoms with Crippen LogP contribution in [0.3, 0.4) is 0 Å². The van der Waals surface area contributed by atoms with Crippen LogP contribution < -0.4 is 0 Å². The SMILES string of the molecule is N#CC1CC=CC=C1C1=C(C2C=C3OC4C=CC=CC4C3=CC2)C=CC(C2=C/CSc3ccccc3[CH]([Tl])/C=C\2)C1C#N. The summed E-state index contributed by atoms with van der Waals surface area (Å²) >= 11 is 2.66. The van der Waals surface area contributed by atoms with E-state index in [-0.39, 0.29) is 35.7 Å². The second-order valence-corrected chi connectivity index (χ2v) is 15.5. The Kier molecular flexibility index (Phi) is 8.17. The summed E-state index contributed by atoms with van der Waals surface area (Å²) in [5.74, 6) is 1.47. The van der Waals surface area contributed by atoms with Gasteiger partial charge in [-0.2, -0.15) is 0 Å². The molecule has 0 spiro atoms. The number of ether oxygens (including phenoxy) is 1. The zero-order valence-corrected chi connectivity index (χ0v) is 29.1. The van der Waals surface area contributed by atoms with E-state index in [0.717, 1.165) is 60.4 Å². The molecule has 0 bridgehead atoms. The van der Waals surface area contributed by atoms with Gasteiger partial charge >= 0.3 is 240 Å². The van der Waals surface area contributed by atoms with E-state index in [1.54, 1.807) is 0 Å². The van der Waals surface area contributed by atoms with Crippen molar-refractivity contribution >= 4 is 37.5 Å². The zero-order valence-electron chi connectivity index (χ0n) is 23.8. The Morgan fingerprint density at radius 2 is 1.77 bits per heavy atom. The summed E-state index contributed by atoms with van der Waals surface area (Å²) in [6.07, 6.45) is 32.4. The van der Waals surface area contributed by atoms with Gasteiger partial charge in [0.05, 0.1) is 0 Å². The molecule has 2 heterocycles. The molecule has 0 saturated carbocycles. The molecule has 43 heavy (non-hydrogen) atoms. The number of nitriles is 2. The van der Waals surface area contributed by atoms with Crippen molar-refractivity contribution in [3.63, 3.8) is 0 Å². The monoisotopic (exact) mass is 768 g/mol. The Labute approximate surface area is 274 Å². The van der Waals surface area contributed by atoms with Crippen molar-refractivity contribution in [2.45, 2.75) is 27.3 Å². The van der Waals surface area contributed by atoms with Crippen molar-refractivity contribution in [1.82, 2.24) is 0 Å². The molecule has 1 fully saturated rings. The third kappa shape index (κ3) is 5.34. The van der Waals surface area contributed by atoms with Crippen LogP contribution in [-0.4, -0.2) is 37.6 Å². The summed E-state index contributed by atoms with van der Waals surface area (Å²) in [5, 5.41) is 21.1. The van der Waals surface area contributed by atoms with Crippen molar-refractivity contribution in [1.29, 1.82) is 10.5 Å². The van der Waals surface area contributed by atoms with E-state index in [1.807, 2.05) is 11.8 Å². The van der Waals surface area contributed by atoms with Crippen LogP contribution in [0.2, 0.25) is 0 Å². The van der Waals surface area contributed by atoms with Crippen LogP contribution in [0.4, 0.5) is 0 Å². The first-order valence-electron chi connectivity index (χ1n) is 15.0. The molecule has 7 rings (SSSR count). The third-order valence-corrected chi connectivity index (χ3v) is 12.6. The fourth-order valence-electron chi connectivity index (χ4n) is 7.12. The van der Waals surface area contributed by atoms with Gasteiger partial charge in [0.25, 0.3) is 0 Å². The molecule has 7 atom stereocenters. The topological polar surface area (TPSA) is 56.8 Å². The number of rotatable bonds is 3. The quantitative estimate of drug-likeness (QED) is 0.292. The van der Waals surface area contributed by atoms with Crippen LogP contribution in [0.1, 0.15) is 21.9 Å². The van der Waals surface area contributed by atoms with Gasteiger partial charge in [0.1, 0.15) is 6.10 Å². The Hall–Kier alpha value is -3.33. The van der Waals surface area contributed by atoms with Crippen molar-refractivity contribution in [2.75, 3.05) is 5.75 Å². The van der Waals surface area contributed by atoms with E-state index in [1.165, 1.54) is 21.6 Å². The molecule has 0 radical (unpaired) electrons. The molecule has 1 aromatic carbocycles. The number of thioether (sulfide) groups is 1. The van der Waals surface area contributed by atoms with Crippen LogP contribution in [0.25, 0.3) is 0 Å². The maximum atomic E-state index is 10.9. The molecule has 6 aliphatic rings. The van der Waals surface area contributed by atoms with Crippen LogP contribution in [-0.2, 0) is 4.74 Å². The first-order valence-corrected chi connectivity index (χ1v) is 18.6. The molecule has 0 aromatic heterocycles. The van der Waals surface area contributed by atoms with E-state index >= 15 is 0 Å². The average Bonchev–Trinajstić information content (AvgIpc) is 3.46. The molecule has 0 N–H and O–H groups in total. The Morgan fingerprint density at radius 3 is 2.65 bits per heavy atom. The number of hydrogen-bond donors (Lipinski definition) is 0. The van der Waals surface area contributed by atoms with Crippen LogP contribution in [0.5, 0.6) is 0 Å². The number of allylic oxidation sites excluding steroid dienone is 16. The fraction of sp³-hybridized carbons (Fsp3) is 0.263. The molecule has 0 amide bonds.